The summed E-state index contributed by atoms with van der Waals surface area (Å²) in [5.41, 5.74) is 3.64. The summed E-state index contributed by atoms with van der Waals surface area (Å²) in [5, 5.41) is 3.09. The standard InChI is InChI=1S/C30H27N3O4/c1-36-23-11-7-21(8-12-23)28-27(29(34)32-19-20-15-17-31-18-16-20)25-5-3-4-6-26(25)30(35)33(28)22-9-13-24(37-2)14-10-22/h3-18,27-28H,19H2,1-2H3,(H,32,34)/t27-,28+/m0/s1. The van der Waals surface area contributed by atoms with E-state index in [1.54, 1.807) is 37.6 Å². The Bertz CT molecular complexity index is 1390. The van der Waals surface area contributed by atoms with Crippen LogP contribution < -0.4 is 19.7 Å². The van der Waals surface area contributed by atoms with Gasteiger partial charge in [-0.25, -0.2) is 0 Å². The lowest BCUT2D eigenvalue weighted by Gasteiger charge is -2.42. The van der Waals surface area contributed by atoms with Crippen LogP contribution in [0.1, 0.15) is 39.0 Å². The molecule has 1 aliphatic rings. The van der Waals surface area contributed by atoms with E-state index in [-0.39, 0.29) is 11.8 Å². The molecule has 2 amide bonds. The summed E-state index contributed by atoms with van der Waals surface area (Å²) in [6.45, 7) is 0.353. The van der Waals surface area contributed by atoms with Crippen molar-refractivity contribution in [3.8, 4) is 11.5 Å². The molecule has 0 spiro atoms. The molecule has 7 nitrogen and oxygen atoms in total. The van der Waals surface area contributed by atoms with Crippen molar-refractivity contribution < 1.29 is 19.1 Å². The number of hydrogen-bond donors (Lipinski definition) is 1. The zero-order valence-electron chi connectivity index (χ0n) is 20.6. The Kier molecular flexibility index (Phi) is 6.85. The van der Waals surface area contributed by atoms with Crippen molar-refractivity contribution in [2.24, 2.45) is 0 Å². The van der Waals surface area contributed by atoms with Gasteiger partial charge in [-0.2, -0.15) is 0 Å². The lowest BCUT2D eigenvalue weighted by atomic mass is 9.78. The van der Waals surface area contributed by atoms with Gasteiger partial charge in [-0.15, -0.1) is 0 Å². The van der Waals surface area contributed by atoms with Gasteiger partial charge in [-0.05, 0) is 71.3 Å². The van der Waals surface area contributed by atoms with E-state index >= 15 is 0 Å². The lowest BCUT2D eigenvalue weighted by Crippen LogP contribution is -2.47. The lowest BCUT2D eigenvalue weighted by molar-refractivity contribution is -0.123. The first-order chi connectivity index (χ1) is 18.1. The second-order valence-corrected chi connectivity index (χ2v) is 8.73. The number of rotatable bonds is 7. The number of nitrogens with one attached hydrogen (secondary N) is 1. The highest BCUT2D eigenvalue weighted by Gasteiger charge is 2.44. The van der Waals surface area contributed by atoms with Crippen LogP contribution in [-0.4, -0.2) is 31.0 Å². The third kappa shape index (κ3) is 4.76. The summed E-state index contributed by atoms with van der Waals surface area (Å²) in [5.74, 6) is 0.393. The van der Waals surface area contributed by atoms with Gasteiger partial charge in [0.15, 0.2) is 0 Å². The zero-order chi connectivity index (χ0) is 25.8. The number of ether oxygens (including phenoxy) is 2. The topological polar surface area (TPSA) is 80.8 Å². The maximum Gasteiger partial charge on any atom is 0.259 e. The number of pyridine rings is 1. The van der Waals surface area contributed by atoms with E-state index in [1.165, 1.54) is 0 Å². The molecule has 0 saturated heterocycles. The third-order valence-corrected chi connectivity index (χ3v) is 6.65. The molecule has 2 atom stereocenters. The largest absolute Gasteiger partial charge is 0.497 e. The molecule has 0 radical (unpaired) electrons. The second-order valence-electron chi connectivity index (χ2n) is 8.73. The van der Waals surface area contributed by atoms with Gasteiger partial charge in [0.1, 0.15) is 11.5 Å². The highest BCUT2D eigenvalue weighted by Crippen LogP contribution is 2.45. The van der Waals surface area contributed by atoms with Crippen LogP contribution in [0, 0.1) is 0 Å². The van der Waals surface area contributed by atoms with E-state index in [1.807, 2.05) is 78.9 Å². The molecule has 0 bridgehead atoms. The van der Waals surface area contributed by atoms with Crippen molar-refractivity contribution >= 4 is 17.5 Å². The number of nitrogens with zero attached hydrogens (tertiary/aromatic N) is 2. The Morgan fingerprint density at radius 1 is 0.865 bits per heavy atom. The molecule has 0 saturated carbocycles. The summed E-state index contributed by atoms with van der Waals surface area (Å²) in [4.78, 5) is 33.6. The normalized spacial score (nSPS) is 16.6. The third-order valence-electron chi connectivity index (χ3n) is 6.65. The van der Waals surface area contributed by atoms with Gasteiger partial charge in [-0.1, -0.05) is 30.3 Å². The Hall–Kier alpha value is -4.65. The van der Waals surface area contributed by atoms with Crippen molar-refractivity contribution in [3.05, 3.63) is 120 Å². The molecule has 1 aromatic heterocycles. The van der Waals surface area contributed by atoms with Crippen LogP contribution in [-0.2, 0) is 11.3 Å². The van der Waals surface area contributed by atoms with Gasteiger partial charge < -0.3 is 14.8 Å². The molecule has 2 heterocycles. The Labute approximate surface area is 215 Å². The zero-order valence-corrected chi connectivity index (χ0v) is 20.6. The molecular weight excluding hydrogens is 466 g/mol. The van der Waals surface area contributed by atoms with E-state index in [4.69, 9.17) is 9.47 Å². The predicted molar refractivity (Wildman–Crippen MR) is 141 cm³/mol. The summed E-state index contributed by atoms with van der Waals surface area (Å²) in [7, 11) is 3.20. The smallest absolute Gasteiger partial charge is 0.259 e. The molecule has 37 heavy (non-hydrogen) atoms. The summed E-state index contributed by atoms with van der Waals surface area (Å²) in [6.07, 6.45) is 3.39. The number of aromatic nitrogens is 1. The van der Waals surface area contributed by atoms with Gasteiger partial charge >= 0.3 is 0 Å². The first-order valence-corrected chi connectivity index (χ1v) is 12.0. The highest BCUT2D eigenvalue weighted by atomic mass is 16.5. The van der Waals surface area contributed by atoms with E-state index in [2.05, 4.69) is 10.3 Å². The number of fused-ring (bicyclic) bond motifs is 1. The van der Waals surface area contributed by atoms with Crippen LogP contribution in [0.25, 0.3) is 0 Å². The average Bonchev–Trinajstić information content (AvgIpc) is 2.96. The maximum atomic E-state index is 14.0. The van der Waals surface area contributed by atoms with Crippen molar-refractivity contribution in [1.29, 1.82) is 0 Å². The molecule has 4 aromatic rings. The molecule has 5 rings (SSSR count). The fourth-order valence-electron chi connectivity index (χ4n) is 4.79. The van der Waals surface area contributed by atoms with Crippen LogP contribution in [0.4, 0.5) is 5.69 Å². The molecule has 0 fully saturated rings. The van der Waals surface area contributed by atoms with E-state index in [0.717, 1.165) is 11.1 Å². The fourth-order valence-corrected chi connectivity index (χ4v) is 4.79. The van der Waals surface area contributed by atoms with E-state index < -0.39 is 12.0 Å². The minimum atomic E-state index is -0.647. The van der Waals surface area contributed by atoms with Crippen molar-refractivity contribution in [3.63, 3.8) is 0 Å². The Morgan fingerprint density at radius 2 is 1.49 bits per heavy atom. The average molecular weight is 494 g/mol. The molecule has 186 valence electrons. The van der Waals surface area contributed by atoms with Gasteiger partial charge in [0.2, 0.25) is 5.91 Å². The number of hydrogen-bond acceptors (Lipinski definition) is 5. The monoisotopic (exact) mass is 493 g/mol. The van der Waals surface area contributed by atoms with Crippen LogP contribution in [0.2, 0.25) is 0 Å². The quantitative estimate of drug-likeness (QED) is 0.396. The number of anilines is 1. The molecule has 3 aromatic carbocycles. The fraction of sp³-hybridized carbons (Fsp3) is 0.167. The minimum absolute atomic E-state index is 0.167. The number of methoxy groups -OCH3 is 2. The molecule has 1 N–H and O–H groups in total. The number of amides is 2. The van der Waals surface area contributed by atoms with Crippen molar-refractivity contribution in [2.75, 3.05) is 19.1 Å². The van der Waals surface area contributed by atoms with E-state index in [0.29, 0.717) is 34.9 Å². The molecule has 0 aliphatic carbocycles. The van der Waals surface area contributed by atoms with Gasteiger partial charge in [0.05, 0.1) is 26.2 Å². The molecule has 0 unspecified atom stereocenters. The van der Waals surface area contributed by atoms with Crippen LogP contribution in [0.15, 0.2) is 97.3 Å². The van der Waals surface area contributed by atoms with Gasteiger partial charge in [-0.3, -0.25) is 19.5 Å². The SMILES string of the molecule is COc1ccc([C@@H]2[C@@H](C(=O)NCc3ccncc3)c3ccccc3C(=O)N2c2ccc(OC)cc2)cc1. The molecule has 1 aliphatic heterocycles. The first kappa shape index (κ1) is 24.1. The minimum Gasteiger partial charge on any atom is -0.497 e. The van der Waals surface area contributed by atoms with Crippen LogP contribution >= 0.6 is 0 Å². The number of carbonyl (C=O) groups excluding carboxylic acids is 2. The second kappa shape index (κ2) is 10.5. The molecular formula is C30H27N3O4. The summed E-state index contributed by atoms with van der Waals surface area (Å²) < 4.78 is 10.7. The van der Waals surface area contributed by atoms with E-state index in [9.17, 15) is 9.59 Å². The summed E-state index contributed by atoms with van der Waals surface area (Å²) >= 11 is 0. The Balaban J connectivity index is 1.63. The van der Waals surface area contributed by atoms with Crippen LogP contribution in [0.3, 0.4) is 0 Å². The van der Waals surface area contributed by atoms with Crippen molar-refractivity contribution in [2.45, 2.75) is 18.5 Å². The Morgan fingerprint density at radius 3 is 2.14 bits per heavy atom. The predicted octanol–water partition coefficient (Wildman–Crippen LogP) is 4.90. The van der Waals surface area contributed by atoms with Crippen LogP contribution in [0.5, 0.6) is 11.5 Å². The number of carbonyl (C=O) groups is 2. The van der Waals surface area contributed by atoms with Crippen molar-refractivity contribution in [1.82, 2.24) is 10.3 Å². The first-order valence-electron chi connectivity index (χ1n) is 12.0. The molecule has 7 heteroatoms. The number of benzene rings is 3. The van der Waals surface area contributed by atoms with Gasteiger partial charge in [0, 0.05) is 30.2 Å². The van der Waals surface area contributed by atoms with Gasteiger partial charge in [0.25, 0.3) is 5.91 Å². The maximum absolute atomic E-state index is 14.0. The summed E-state index contributed by atoms with van der Waals surface area (Å²) in [6, 6.07) is 25.3. The highest BCUT2D eigenvalue weighted by molar-refractivity contribution is 6.11.